The molecular weight excluding hydrogens is 536 g/mol. The predicted molar refractivity (Wildman–Crippen MR) is 130 cm³/mol. The van der Waals surface area contributed by atoms with Crippen molar-refractivity contribution in [3.8, 4) is 5.75 Å². The highest BCUT2D eigenvalue weighted by molar-refractivity contribution is 14.0. The van der Waals surface area contributed by atoms with Gasteiger partial charge in [-0.15, -0.1) is 24.0 Å². The number of halogens is 4. The first-order valence-corrected chi connectivity index (χ1v) is 9.76. The van der Waals surface area contributed by atoms with Gasteiger partial charge < -0.3 is 20.7 Å². The van der Waals surface area contributed by atoms with Gasteiger partial charge in [-0.05, 0) is 42.7 Å². The molecule has 0 fully saturated rings. The van der Waals surface area contributed by atoms with Crippen LogP contribution in [-0.4, -0.2) is 45.3 Å². The Kier molecular flexibility index (Phi) is 11.3. The zero-order valence-electron chi connectivity index (χ0n) is 18.2. The van der Waals surface area contributed by atoms with E-state index in [0.29, 0.717) is 30.1 Å². The Morgan fingerprint density at radius 2 is 1.88 bits per heavy atom. The van der Waals surface area contributed by atoms with Crippen molar-refractivity contribution in [3.05, 3.63) is 64.7 Å². The molecule has 176 valence electrons. The molecule has 0 saturated heterocycles. The Balaban J connectivity index is 0.00000512. The average Bonchev–Trinajstić information content (AvgIpc) is 2.74. The van der Waals surface area contributed by atoms with E-state index in [-0.39, 0.29) is 42.2 Å². The molecule has 2 rings (SSSR count). The van der Waals surface area contributed by atoms with Gasteiger partial charge in [-0.2, -0.15) is 13.2 Å². The van der Waals surface area contributed by atoms with Gasteiger partial charge in [0.2, 0.25) is 0 Å². The number of hydrogen-bond acceptors (Lipinski definition) is 3. The van der Waals surface area contributed by atoms with Crippen LogP contribution in [0.15, 0.2) is 47.5 Å². The molecule has 0 saturated carbocycles. The summed E-state index contributed by atoms with van der Waals surface area (Å²) in [5.74, 6) is 0.546. The van der Waals surface area contributed by atoms with Crippen molar-refractivity contribution in [3.63, 3.8) is 0 Å². The summed E-state index contributed by atoms with van der Waals surface area (Å²) in [6.45, 7) is 1.25. The van der Waals surface area contributed by atoms with Crippen LogP contribution in [-0.2, 0) is 13.0 Å². The lowest BCUT2D eigenvalue weighted by molar-refractivity contribution is -0.153. The number of hydrogen-bond donors (Lipinski definition) is 3. The molecule has 0 atom stereocenters. The van der Waals surface area contributed by atoms with Gasteiger partial charge in [0, 0.05) is 38.3 Å². The first-order chi connectivity index (χ1) is 14.7. The molecule has 0 aliphatic heterocycles. The van der Waals surface area contributed by atoms with Crippen molar-refractivity contribution in [2.45, 2.75) is 26.1 Å². The molecule has 32 heavy (non-hydrogen) atoms. The van der Waals surface area contributed by atoms with E-state index in [1.54, 1.807) is 39.2 Å². The van der Waals surface area contributed by atoms with Crippen molar-refractivity contribution in [2.24, 2.45) is 4.99 Å². The number of amides is 1. The Labute approximate surface area is 203 Å². The number of ether oxygens (including phenoxy) is 1. The normalized spacial score (nSPS) is 11.4. The molecule has 3 N–H and O–H groups in total. The third-order valence-corrected chi connectivity index (χ3v) is 4.41. The quantitative estimate of drug-likeness (QED) is 0.259. The van der Waals surface area contributed by atoms with Gasteiger partial charge in [0.25, 0.3) is 5.91 Å². The Bertz CT molecular complexity index is 920. The minimum Gasteiger partial charge on any atom is -0.484 e. The maximum absolute atomic E-state index is 12.5. The number of carbonyl (C=O) groups excluding carboxylic acids is 1. The lowest BCUT2D eigenvalue weighted by Gasteiger charge is -2.16. The van der Waals surface area contributed by atoms with Crippen LogP contribution >= 0.6 is 24.0 Å². The van der Waals surface area contributed by atoms with Crippen LogP contribution in [0, 0.1) is 6.92 Å². The molecule has 0 aromatic heterocycles. The molecule has 1 amide bonds. The number of guanidine groups is 1. The van der Waals surface area contributed by atoms with Crippen LogP contribution in [0.5, 0.6) is 5.75 Å². The van der Waals surface area contributed by atoms with Crippen molar-refractivity contribution >= 4 is 35.8 Å². The summed E-state index contributed by atoms with van der Waals surface area (Å²) in [6.07, 6.45) is -3.74. The number of nitrogens with zero attached hydrogens (tertiary/aromatic N) is 1. The van der Waals surface area contributed by atoms with Crippen molar-refractivity contribution in [2.75, 3.05) is 27.2 Å². The molecule has 0 aliphatic rings. The molecule has 0 unspecified atom stereocenters. The van der Waals surface area contributed by atoms with Gasteiger partial charge in [0.05, 0.1) is 0 Å². The molecule has 0 bridgehead atoms. The maximum atomic E-state index is 12.5. The van der Waals surface area contributed by atoms with E-state index in [1.807, 2.05) is 24.3 Å². The molecular formula is C22H28F3IN4O2. The summed E-state index contributed by atoms with van der Waals surface area (Å²) in [4.78, 5) is 15.9. The SMILES string of the molecule is CN=C(NCCc1cccc(C(=O)NC)c1)NCc1ccc(C)cc1OCC(F)(F)F.I. The van der Waals surface area contributed by atoms with E-state index in [1.165, 1.54) is 0 Å². The number of alkyl halides is 3. The highest BCUT2D eigenvalue weighted by atomic mass is 127. The molecule has 2 aromatic carbocycles. The molecule has 0 spiro atoms. The van der Waals surface area contributed by atoms with Crippen molar-refractivity contribution in [1.82, 2.24) is 16.0 Å². The molecule has 10 heteroatoms. The van der Waals surface area contributed by atoms with E-state index in [9.17, 15) is 18.0 Å². The Hall–Kier alpha value is -2.50. The summed E-state index contributed by atoms with van der Waals surface area (Å²) in [5, 5.41) is 8.83. The smallest absolute Gasteiger partial charge is 0.422 e. The first kappa shape index (κ1) is 27.5. The third kappa shape index (κ3) is 9.33. The van der Waals surface area contributed by atoms with Crippen LogP contribution in [0.2, 0.25) is 0 Å². The fraction of sp³-hybridized carbons (Fsp3) is 0.364. The van der Waals surface area contributed by atoms with Crippen LogP contribution in [0.4, 0.5) is 13.2 Å². The summed E-state index contributed by atoms with van der Waals surface area (Å²) in [7, 11) is 3.19. The highest BCUT2D eigenvalue weighted by Crippen LogP contribution is 2.23. The largest absolute Gasteiger partial charge is 0.484 e. The summed E-state index contributed by atoms with van der Waals surface area (Å²) in [6, 6.07) is 12.5. The van der Waals surface area contributed by atoms with Gasteiger partial charge in [-0.3, -0.25) is 9.79 Å². The monoisotopic (exact) mass is 564 g/mol. The number of benzene rings is 2. The van der Waals surface area contributed by atoms with Gasteiger partial charge in [0.15, 0.2) is 12.6 Å². The molecule has 2 aromatic rings. The van der Waals surface area contributed by atoms with Gasteiger partial charge >= 0.3 is 6.18 Å². The summed E-state index contributed by atoms with van der Waals surface area (Å²) in [5.41, 5.74) is 2.98. The lowest BCUT2D eigenvalue weighted by Crippen LogP contribution is -2.38. The second-order valence-corrected chi connectivity index (χ2v) is 6.90. The molecule has 6 nitrogen and oxygen atoms in total. The zero-order valence-corrected chi connectivity index (χ0v) is 20.5. The van der Waals surface area contributed by atoms with Gasteiger partial charge in [-0.25, -0.2) is 0 Å². The van der Waals surface area contributed by atoms with Crippen LogP contribution < -0.4 is 20.7 Å². The van der Waals surface area contributed by atoms with E-state index in [2.05, 4.69) is 20.9 Å². The summed E-state index contributed by atoms with van der Waals surface area (Å²) >= 11 is 0. The third-order valence-electron chi connectivity index (χ3n) is 4.41. The number of rotatable bonds is 8. The first-order valence-electron chi connectivity index (χ1n) is 9.76. The number of nitrogens with one attached hydrogen (secondary N) is 3. The fourth-order valence-corrected chi connectivity index (χ4v) is 2.84. The lowest BCUT2D eigenvalue weighted by atomic mass is 10.1. The predicted octanol–water partition coefficient (Wildman–Crippen LogP) is 3.82. The van der Waals surface area contributed by atoms with Crippen molar-refractivity contribution in [1.29, 1.82) is 0 Å². The number of carbonyl (C=O) groups is 1. The fourth-order valence-electron chi connectivity index (χ4n) is 2.84. The topological polar surface area (TPSA) is 74.8 Å². The van der Waals surface area contributed by atoms with Crippen molar-refractivity contribution < 1.29 is 22.7 Å². The minimum atomic E-state index is -4.40. The van der Waals surface area contributed by atoms with Crippen LogP contribution in [0.25, 0.3) is 0 Å². The number of aryl methyl sites for hydroxylation is 1. The second kappa shape index (κ2) is 13.1. The van der Waals surface area contributed by atoms with Crippen LogP contribution in [0.3, 0.4) is 0 Å². The average molecular weight is 564 g/mol. The zero-order chi connectivity index (χ0) is 22.9. The Morgan fingerprint density at radius 1 is 1.12 bits per heavy atom. The standard InChI is InChI=1S/C22H27F3N4O2.HI/c1-15-7-8-18(19(11-15)31-14-22(23,24)25)13-29-21(27-3)28-10-9-16-5-4-6-17(12-16)20(30)26-2;/h4-8,11-12H,9-10,13-14H2,1-3H3,(H,26,30)(H2,27,28,29);1H. The van der Waals surface area contributed by atoms with Gasteiger partial charge in [0.1, 0.15) is 5.75 Å². The van der Waals surface area contributed by atoms with Crippen LogP contribution in [0.1, 0.15) is 27.0 Å². The van der Waals surface area contributed by atoms with E-state index >= 15 is 0 Å². The molecule has 0 radical (unpaired) electrons. The highest BCUT2D eigenvalue weighted by Gasteiger charge is 2.28. The minimum absolute atomic E-state index is 0. The number of aliphatic imine (C=N–C) groups is 1. The molecule has 0 aliphatic carbocycles. The van der Waals surface area contributed by atoms with E-state index in [0.717, 1.165) is 11.1 Å². The maximum Gasteiger partial charge on any atom is 0.422 e. The Morgan fingerprint density at radius 3 is 2.53 bits per heavy atom. The van der Waals surface area contributed by atoms with Gasteiger partial charge in [-0.1, -0.05) is 24.3 Å². The second-order valence-electron chi connectivity index (χ2n) is 6.90. The summed E-state index contributed by atoms with van der Waals surface area (Å²) < 4.78 is 42.5. The molecule has 0 heterocycles. The van der Waals surface area contributed by atoms with E-state index in [4.69, 9.17) is 4.74 Å². The van der Waals surface area contributed by atoms with E-state index < -0.39 is 12.8 Å².